The van der Waals surface area contributed by atoms with Crippen LogP contribution < -0.4 is 11.1 Å². The van der Waals surface area contributed by atoms with Gasteiger partial charge in [0.2, 0.25) is 0 Å². The van der Waals surface area contributed by atoms with Gasteiger partial charge in [0, 0.05) is 18.1 Å². The monoisotopic (exact) mass is 226 g/mol. The maximum Gasteiger partial charge on any atom is 0.316 e. The maximum absolute atomic E-state index is 10.7. The molecular weight excluding hydrogens is 216 g/mol. The van der Waals surface area contributed by atoms with E-state index in [1.165, 1.54) is 0 Å². The standard InChI is InChI=1S/C12H10N4O/c13-7-9-1-3-11(4-2-9)16-6-5-10(8-16)15-12(14)17/h1-6,8H,(H3,14,15,17). The number of primary amides is 1. The van der Waals surface area contributed by atoms with Crippen molar-refractivity contribution in [3.05, 3.63) is 48.3 Å². The summed E-state index contributed by atoms with van der Waals surface area (Å²) in [4.78, 5) is 10.7. The molecule has 0 saturated carbocycles. The Bertz CT molecular complexity index is 577. The molecule has 0 aliphatic rings. The first kappa shape index (κ1) is 10.8. The van der Waals surface area contributed by atoms with E-state index in [0.29, 0.717) is 11.3 Å². The van der Waals surface area contributed by atoms with Gasteiger partial charge in [0.1, 0.15) is 0 Å². The Balaban J connectivity index is 2.24. The highest BCUT2D eigenvalue weighted by molar-refractivity contribution is 5.87. The number of urea groups is 1. The Morgan fingerprint density at radius 3 is 2.59 bits per heavy atom. The summed E-state index contributed by atoms with van der Waals surface area (Å²) in [6.45, 7) is 0. The zero-order valence-electron chi connectivity index (χ0n) is 8.92. The van der Waals surface area contributed by atoms with Gasteiger partial charge in [0.05, 0.1) is 17.3 Å². The fourth-order valence-electron chi connectivity index (χ4n) is 1.48. The van der Waals surface area contributed by atoms with Gasteiger partial charge in [-0.3, -0.25) is 0 Å². The van der Waals surface area contributed by atoms with Gasteiger partial charge < -0.3 is 15.6 Å². The molecule has 5 heteroatoms. The SMILES string of the molecule is N#Cc1ccc(-n2ccc(NC(N)=O)c2)cc1. The molecule has 1 aromatic carbocycles. The third-order valence-corrected chi connectivity index (χ3v) is 2.25. The van der Waals surface area contributed by atoms with Gasteiger partial charge in [-0.05, 0) is 30.3 Å². The van der Waals surface area contributed by atoms with Crippen LogP contribution in [0.25, 0.3) is 5.69 Å². The summed E-state index contributed by atoms with van der Waals surface area (Å²) in [6.07, 6.45) is 3.54. The van der Waals surface area contributed by atoms with Crippen LogP contribution >= 0.6 is 0 Å². The Morgan fingerprint density at radius 2 is 2.00 bits per heavy atom. The minimum absolute atomic E-state index is 0.595. The molecule has 0 radical (unpaired) electrons. The third-order valence-electron chi connectivity index (χ3n) is 2.25. The first-order valence-electron chi connectivity index (χ1n) is 4.94. The number of amides is 2. The lowest BCUT2D eigenvalue weighted by Crippen LogP contribution is -2.18. The lowest BCUT2D eigenvalue weighted by molar-refractivity contribution is 0.259. The number of nitrogens with zero attached hydrogens (tertiary/aromatic N) is 2. The van der Waals surface area contributed by atoms with E-state index in [-0.39, 0.29) is 0 Å². The number of hydrogen-bond donors (Lipinski definition) is 2. The molecule has 5 nitrogen and oxygen atoms in total. The summed E-state index contributed by atoms with van der Waals surface area (Å²) in [5.74, 6) is 0. The summed E-state index contributed by atoms with van der Waals surface area (Å²) < 4.78 is 1.83. The number of aromatic nitrogens is 1. The highest BCUT2D eigenvalue weighted by Gasteiger charge is 2.00. The Labute approximate surface area is 98.1 Å². The van der Waals surface area contributed by atoms with Crippen molar-refractivity contribution in [2.24, 2.45) is 5.73 Å². The first-order valence-corrected chi connectivity index (χ1v) is 4.94. The molecule has 2 aromatic rings. The molecule has 3 N–H and O–H groups in total. The van der Waals surface area contributed by atoms with E-state index in [1.807, 2.05) is 16.7 Å². The second kappa shape index (κ2) is 4.41. The van der Waals surface area contributed by atoms with Gasteiger partial charge in [-0.1, -0.05) is 0 Å². The molecule has 0 bridgehead atoms. The summed E-state index contributed by atoms with van der Waals surface area (Å²) >= 11 is 0. The average molecular weight is 226 g/mol. The molecule has 1 aromatic heterocycles. The van der Waals surface area contributed by atoms with Gasteiger partial charge in [-0.2, -0.15) is 5.26 Å². The molecule has 0 aliphatic carbocycles. The van der Waals surface area contributed by atoms with Crippen molar-refractivity contribution in [1.29, 1.82) is 5.26 Å². The highest BCUT2D eigenvalue weighted by Crippen LogP contribution is 2.14. The zero-order valence-corrected chi connectivity index (χ0v) is 8.92. The van der Waals surface area contributed by atoms with E-state index in [0.717, 1.165) is 5.69 Å². The van der Waals surface area contributed by atoms with Crippen LogP contribution in [-0.2, 0) is 0 Å². The van der Waals surface area contributed by atoms with Crippen LogP contribution in [0.15, 0.2) is 42.7 Å². The molecule has 17 heavy (non-hydrogen) atoms. The van der Waals surface area contributed by atoms with Gasteiger partial charge in [0.15, 0.2) is 0 Å². The first-order chi connectivity index (χ1) is 8.19. The van der Waals surface area contributed by atoms with Crippen LogP contribution in [0.4, 0.5) is 10.5 Å². The molecule has 0 spiro atoms. The second-order valence-corrected chi connectivity index (χ2v) is 3.46. The molecule has 84 valence electrons. The number of carbonyl (C=O) groups excluding carboxylic acids is 1. The fourth-order valence-corrected chi connectivity index (χ4v) is 1.48. The van der Waals surface area contributed by atoms with Crippen molar-refractivity contribution >= 4 is 11.7 Å². The normalized spacial score (nSPS) is 9.59. The molecule has 0 saturated heterocycles. The van der Waals surface area contributed by atoms with E-state index < -0.39 is 6.03 Å². The van der Waals surface area contributed by atoms with Crippen molar-refractivity contribution in [1.82, 2.24) is 4.57 Å². The summed E-state index contributed by atoms with van der Waals surface area (Å²) in [7, 11) is 0. The quantitative estimate of drug-likeness (QED) is 0.818. The summed E-state index contributed by atoms with van der Waals surface area (Å²) in [5.41, 5.74) is 7.15. The van der Waals surface area contributed by atoms with E-state index >= 15 is 0 Å². The van der Waals surface area contributed by atoms with Gasteiger partial charge in [-0.25, -0.2) is 4.79 Å². The predicted octanol–water partition coefficient (Wildman–Crippen LogP) is 1.84. The van der Waals surface area contributed by atoms with Crippen molar-refractivity contribution in [3.8, 4) is 11.8 Å². The van der Waals surface area contributed by atoms with Crippen molar-refractivity contribution < 1.29 is 4.79 Å². The smallest absolute Gasteiger partial charge is 0.316 e. The molecule has 1 heterocycles. The van der Waals surface area contributed by atoms with Gasteiger partial charge in [-0.15, -0.1) is 0 Å². The number of hydrogen-bond acceptors (Lipinski definition) is 2. The van der Waals surface area contributed by atoms with Crippen LogP contribution in [0.2, 0.25) is 0 Å². The molecule has 2 rings (SSSR count). The molecule has 2 amide bonds. The van der Waals surface area contributed by atoms with E-state index in [1.54, 1.807) is 30.6 Å². The minimum Gasteiger partial charge on any atom is -0.351 e. The zero-order chi connectivity index (χ0) is 12.3. The van der Waals surface area contributed by atoms with Gasteiger partial charge in [0.25, 0.3) is 0 Å². The number of carbonyl (C=O) groups is 1. The Morgan fingerprint density at radius 1 is 1.29 bits per heavy atom. The van der Waals surface area contributed by atoms with E-state index in [4.69, 9.17) is 11.0 Å². The van der Waals surface area contributed by atoms with Gasteiger partial charge >= 0.3 is 6.03 Å². The van der Waals surface area contributed by atoms with Crippen LogP contribution in [0.5, 0.6) is 0 Å². The minimum atomic E-state index is -0.595. The number of nitrogens with one attached hydrogen (secondary N) is 1. The second-order valence-electron chi connectivity index (χ2n) is 3.46. The van der Waals surface area contributed by atoms with Crippen LogP contribution in [-0.4, -0.2) is 10.6 Å². The number of rotatable bonds is 2. The number of nitriles is 1. The van der Waals surface area contributed by atoms with Crippen LogP contribution in [0.3, 0.4) is 0 Å². The number of anilines is 1. The molecule has 0 atom stereocenters. The van der Waals surface area contributed by atoms with E-state index in [2.05, 4.69) is 11.4 Å². The van der Waals surface area contributed by atoms with Crippen LogP contribution in [0, 0.1) is 11.3 Å². The summed E-state index contributed by atoms with van der Waals surface area (Å²) in [5, 5.41) is 11.2. The highest BCUT2D eigenvalue weighted by atomic mass is 16.2. The maximum atomic E-state index is 10.7. The molecular formula is C12H10N4O. The lowest BCUT2D eigenvalue weighted by Gasteiger charge is -2.02. The molecule has 0 unspecified atom stereocenters. The van der Waals surface area contributed by atoms with E-state index in [9.17, 15) is 4.79 Å². The predicted molar refractivity (Wildman–Crippen MR) is 63.7 cm³/mol. The fraction of sp³-hybridized carbons (Fsp3) is 0. The Hall–Kier alpha value is -2.74. The largest absolute Gasteiger partial charge is 0.351 e. The summed E-state index contributed by atoms with van der Waals surface area (Å²) in [6, 6.07) is 10.3. The molecule has 0 fully saturated rings. The lowest BCUT2D eigenvalue weighted by atomic mass is 10.2. The average Bonchev–Trinajstić information content (AvgIpc) is 2.77. The van der Waals surface area contributed by atoms with Crippen molar-refractivity contribution in [2.45, 2.75) is 0 Å². The molecule has 0 aliphatic heterocycles. The van der Waals surface area contributed by atoms with Crippen molar-refractivity contribution in [3.63, 3.8) is 0 Å². The third kappa shape index (κ3) is 2.44. The Kier molecular flexibility index (Phi) is 2.79. The van der Waals surface area contributed by atoms with Crippen LogP contribution in [0.1, 0.15) is 5.56 Å². The van der Waals surface area contributed by atoms with Crippen molar-refractivity contribution in [2.75, 3.05) is 5.32 Å². The topological polar surface area (TPSA) is 83.8 Å². The number of benzene rings is 1. The number of nitrogens with two attached hydrogens (primary N) is 1.